The van der Waals surface area contributed by atoms with Crippen LogP contribution in [0.5, 0.6) is 0 Å². The van der Waals surface area contributed by atoms with Gasteiger partial charge in [-0.2, -0.15) is 0 Å². The van der Waals surface area contributed by atoms with Crippen molar-refractivity contribution in [1.82, 2.24) is 0 Å². The normalized spacial score (nSPS) is 10.9. The molecule has 0 N–H and O–H groups in total. The van der Waals surface area contributed by atoms with Crippen LogP contribution >= 0.6 is 0 Å². The summed E-state index contributed by atoms with van der Waals surface area (Å²) in [5.74, 6) is 0. The van der Waals surface area contributed by atoms with Gasteiger partial charge in [-0.25, -0.2) is 4.57 Å². The van der Waals surface area contributed by atoms with Crippen LogP contribution in [0.3, 0.4) is 0 Å². The van der Waals surface area contributed by atoms with Crippen molar-refractivity contribution < 1.29 is 4.57 Å². The molecule has 0 radical (unpaired) electrons. The zero-order valence-corrected chi connectivity index (χ0v) is 13.3. The summed E-state index contributed by atoms with van der Waals surface area (Å²) in [4.78, 5) is 0. The Labute approximate surface area is 120 Å². The fourth-order valence-electron chi connectivity index (χ4n) is 2.57. The molecule has 1 nitrogen and oxygen atoms in total. The number of nitrogens with zero attached hydrogens (tertiary/aromatic N) is 1. The van der Waals surface area contributed by atoms with E-state index in [0.717, 1.165) is 0 Å². The molecule has 0 aliphatic heterocycles. The Bertz CT molecular complexity index is 344. The summed E-state index contributed by atoms with van der Waals surface area (Å²) in [7, 11) is 0. The van der Waals surface area contributed by atoms with E-state index < -0.39 is 0 Å². The van der Waals surface area contributed by atoms with Gasteiger partial charge >= 0.3 is 0 Å². The van der Waals surface area contributed by atoms with Gasteiger partial charge in [-0.3, -0.25) is 0 Å². The van der Waals surface area contributed by atoms with Crippen LogP contribution in [0.25, 0.3) is 0 Å². The number of aromatic nitrogens is 1. The maximum Gasteiger partial charge on any atom is 0.178 e. The van der Waals surface area contributed by atoms with Crippen LogP contribution < -0.4 is 4.57 Å². The molecule has 0 saturated carbocycles. The van der Waals surface area contributed by atoms with E-state index >= 15 is 0 Å². The van der Waals surface area contributed by atoms with Gasteiger partial charge in [0.05, 0.1) is 0 Å². The number of hydrogen-bond donors (Lipinski definition) is 0. The molecular weight excluding hydrogens is 230 g/mol. The summed E-state index contributed by atoms with van der Waals surface area (Å²) in [6.07, 6.45) is 14.9. The van der Waals surface area contributed by atoms with Gasteiger partial charge in [0.15, 0.2) is 11.9 Å². The first-order valence-corrected chi connectivity index (χ1v) is 8.20. The minimum Gasteiger partial charge on any atom is -0.202 e. The van der Waals surface area contributed by atoms with Gasteiger partial charge in [0, 0.05) is 25.0 Å². The lowest BCUT2D eigenvalue weighted by Gasteiger charge is -2.03. The predicted molar refractivity (Wildman–Crippen MR) is 83.3 cm³/mol. The minimum absolute atomic E-state index is 1.18. The van der Waals surface area contributed by atoms with E-state index in [1.165, 1.54) is 75.6 Å². The van der Waals surface area contributed by atoms with E-state index in [1.807, 2.05) is 0 Å². The van der Waals surface area contributed by atoms with E-state index in [1.54, 1.807) is 0 Å². The zero-order valence-electron chi connectivity index (χ0n) is 13.3. The van der Waals surface area contributed by atoms with E-state index in [0.29, 0.717) is 0 Å². The molecule has 108 valence electrons. The molecule has 0 aromatic carbocycles. The van der Waals surface area contributed by atoms with Crippen LogP contribution in [0.4, 0.5) is 0 Å². The number of pyridine rings is 1. The van der Waals surface area contributed by atoms with Crippen LogP contribution in [-0.4, -0.2) is 0 Å². The molecular formula is C18H32N+. The van der Waals surface area contributed by atoms with E-state index in [9.17, 15) is 0 Å². The first-order valence-electron chi connectivity index (χ1n) is 8.20. The third-order valence-electron chi connectivity index (χ3n) is 3.90. The van der Waals surface area contributed by atoms with Crippen molar-refractivity contribution in [2.24, 2.45) is 0 Å². The predicted octanol–water partition coefficient (Wildman–Crippen LogP) is 5.12. The summed E-state index contributed by atoms with van der Waals surface area (Å²) in [5, 5.41) is 0. The Morgan fingerprint density at radius 3 is 2.00 bits per heavy atom. The summed E-state index contributed by atoms with van der Waals surface area (Å²) in [6.45, 7) is 7.84. The molecule has 1 rings (SSSR count). The molecule has 0 aliphatic rings. The molecule has 0 atom stereocenters. The molecule has 0 saturated heterocycles. The van der Waals surface area contributed by atoms with E-state index in [-0.39, 0.29) is 0 Å². The lowest BCUT2D eigenvalue weighted by molar-refractivity contribution is -0.703. The minimum atomic E-state index is 1.18. The summed E-state index contributed by atoms with van der Waals surface area (Å²) < 4.78 is 2.40. The van der Waals surface area contributed by atoms with E-state index in [2.05, 4.69) is 43.7 Å². The van der Waals surface area contributed by atoms with Crippen LogP contribution in [0, 0.1) is 13.8 Å². The third kappa shape index (κ3) is 7.34. The fourth-order valence-corrected chi connectivity index (χ4v) is 2.57. The lowest BCUT2D eigenvalue weighted by Crippen LogP contribution is -2.36. The third-order valence-corrected chi connectivity index (χ3v) is 3.90. The standard InChI is InChI=1S/C18H32N/c1-4-5-6-7-8-9-10-11-12-15-19-16-17(2)13-14-18(19)3/h13-14,16H,4-12,15H2,1-3H3/q+1. The van der Waals surface area contributed by atoms with Gasteiger partial charge in [-0.05, 0) is 19.4 Å². The molecule has 1 aromatic heterocycles. The molecule has 0 bridgehead atoms. The quantitative estimate of drug-likeness (QED) is 0.407. The monoisotopic (exact) mass is 262 g/mol. The summed E-state index contributed by atoms with van der Waals surface area (Å²) in [6, 6.07) is 4.42. The van der Waals surface area contributed by atoms with Crippen LogP contribution in [-0.2, 0) is 6.54 Å². The largest absolute Gasteiger partial charge is 0.202 e. The topological polar surface area (TPSA) is 3.88 Å². The average molecular weight is 262 g/mol. The van der Waals surface area contributed by atoms with Gasteiger partial charge in [-0.1, -0.05) is 51.9 Å². The number of rotatable bonds is 10. The van der Waals surface area contributed by atoms with Crippen molar-refractivity contribution in [3.05, 3.63) is 29.6 Å². The fraction of sp³-hybridized carbons (Fsp3) is 0.722. The van der Waals surface area contributed by atoms with Crippen LogP contribution in [0.15, 0.2) is 18.3 Å². The molecule has 1 aromatic rings. The number of aryl methyl sites for hydroxylation is 3. The van der Waals surface area contributed by atoms with Gasteiger partial charge in [0.1, 0.15) is 6.54 Å². The number of unbranched alkanes of at least 4 members (excludes halogenated alkanes) is 8. The average Bonchev–Trinajstić information content (AvgIpc) is 2.40. The van der Waals surface area contributed by atoms with Crippen molar-refractivity contribution in [1.29, 1.82) is 0 Å². The Kier molecular flexibility index (Phi) is 8.53. The summed E-state index contributed by atoms with van der Waals surface area (Å²) in [5.41, 5.74) is 2.74. The Morgan fingerprint density at radius 2 is 1.37 bits per heavy atom. The van der Waals surface area contributed by atoms with Crippen molar-refractivity contribution in [2.45, 2.75) is 85.1 Å². The van der Waals surface area contributed by atoms with Gasteiger partial charge in [0.2, 0.25) is 0 Å². The van der Waals surface area contributed by atoms with Crippen LogP contribution in [0.1, 0.15) is 76.0 Å². The van der Waals surface area contributed by atoms with Crippen molar-refractivity contribution in [3.8, 4) is 0 Å². The summed E-state index contributed by atoms with van der Waals surface area (Å²) >= 11 is 0. The highest BCUT2D eigenvalue weighted by atomic mass is 14.9. The second-order valence-corrected chi connectivity index (χ2v) is 5.87. The van der Waals surface area contributed by atoms with Crippen molar-refractivity contribution >= 4 is 0 Å². The highest BCUT2D eigenvalue weighted by molar-refractivity contribution is 5.05. The number of hydrogen-bond acceptors (Lipinski definition) is 0. The van der Waals surface area contributed by atoms with Crippen molar-refractivity contribution in [2.75, 3.05) is 0 Å². The molecule has 0 amide bonds. The zero-order chi connectivity index (χ0) is 13.9. The first-order chi connectivity index (χ1) is 9.24. The molecule has 1 heteroatoms. The van der Waals surface area contributed by atoms with Gasteiger partial charge in [0.25, 0.3) is 0 Å². The highest BCUT2D eigenvalue weighted by Crippen LogP contribution is 2.09. The Hall–Kier alpha value is -0.850. The second kappa shape index (κ2) is 10.00. The maximum absolute atomic E-state index is 2.40. The lowest BCUT2D eigenvalue weighted by atomic mass is 10.1. The smallest absolute Gasteiger partial charge is 0.178 e. The Balaban J connectivity index is 2.03. The van der Waals surface area contributed by atoms with E-state index in [4.69, 9.17) is 0 Å². The molecule has 0 aliphatic carbocycles. The van der Waals surface area contributed by atoms with Crippen LogP contribution in [0.2, 0.25) is 0 Å². The van der Waals surface area contributed by atoms with Crippen molar-refractivity contribution in [3.63, 3.8) is 0 Å². The van der Waals surface area contributed by atoms with Gasteiger partial charge in [-0.15, -0.1) is 0 Å². The molecule has 1 heterocycles. The molecule has 19 heavy (non-hydrogen) atoms. The molecule has 0 unspecified atom stereocenters. The highest BCUT2D eigenvalue weighted by Gasteiger charge is 2.05. The molecule has 0 fully saturated rings. The molecule has 0 spiro atoms. The maximum atomic E-state index is 2.40. The first kappa shape index (κ1) is 16.2. The Morgan fingerprint density at radius 1 is 0.789 bits per heavy atom. The second-order valence-electron chi connectivity index (χ2n) is 5.87. The SMILES string of the molecule is CCCCCCCCCCC[n+]1cc(C)ccc1C. The van der Waals surface area contributed by atoms with Gasteiger partial charge < -0.3 is 0 Å².